The van der Waals surface area contributed by atoms with Gasteiger partial charge in [0.05, 0.1) is 6.61 Å². The van der Waals surface area contributed by atoms with E-state index in [2.05, 4.69) is 17.6 Å². The van der Waals surface area contributed by atoms with Crippen LogP contribution in [-0.2, 0) is 9.53 Å². The standard InChI is InChI=1S/C21H32N2O3.ClH/c1-16(18-3-2-10-22-14-18)13-21(24)23-19-4-6-20(7-5-19)26-15-17-8-11-25-12-9-17;/h4-7,16-18,22H,2-3,8-15H2,1H3,(H,23,24);1H. The number of ether oxygens (including phenoxy) is 2. The van der Waals surface area contributed by atoms with E-state index in [-0.39, 0.29) is 18.3 Å². The molecule has 1 aromatic carbocycles. The van der Waals surface area contributed by atoms with Gasteiger partial charge in [0.1, 0.15) is 5.75 Å². The van der Waals surface area contributed by atoms with Crippen LogP contribution in [0.4, 0.5) is 5.69 Å². The summed E-state index contributed by atoms with van der Waals surface area (Å²) < 4.78 is 11.2. The number of rotatable bonds is 7. The first kappa shape index (κ1) is 22.0. The molecule has 0 saturated carbocycles. The van der Waals surface area contributed by atoms with Crippen molar-refractivity contribution < 1.29 is 14.3 Å². The van der Waals surface area contributed by atoms with Crippen LogP contribution in [0.5, 0.6) is 5.75 Å². The number of anilines is 1. The molecule has 2 fully saturated rings. The fourth-order valence-corrected chi connectivity index (χ4v) is 3.80. The van der Waals surface area contributed by atoms with Gasteiger partial charge in [-0.2, -0.15) is 0 Å². The zero-order chi connectivity index (χ0) is 18.2. The lowest BCUT2D eigenvalue weighted by Crippen LogP contribution is -2.34. The van der Waals surface area contributed by atoms with Crippen molar-refractivity contribution in [3.63, 3.8) is 0 Å². The monoisotopic (exact) mass is 396 g/mol. The van der Waals surface area contributed by atoms with Crippen molar-refractivity contribution in [1.29, 1.82) is 0 Å². The highest BCUT2D eigenvalue weighted by molar-refractivity contribution is 5.90. The number of hydrogen-bond donors (Lipinski definition) is 2. The number of hydrogen-bond acceptors (Lipinski definition) is 4. The van der Waals surface area contributed by atoms with E-state index < -0.39 is 0 Å². The summed E-state index contributed by atoms with van der Waals surface area (Å²) in [5.74, 6) is 2.55. The first-order valence-electron chi connectivity index (χ1n) is 10.0. The first-order valence-corrected chi connectivity index (χ1v) is 10.0. The van der Waals surface area contributed by atoms with Crippen LogP contribution in [0.1, 0.15) is 39.0 Å². The van der Waals surface area contributed by atoms with E-state index in [1.165, 1.54) is 12.8 Å². The van der Waals surface area contributed by atoms with Gasteiger partial charge < -0.3 is 20.1 Å². The van der Waals surface area contributed by atoms with Gasteiger partial charge in [0, 0.05) is 25.3 Å². The topological polar surface area (TPSA) is 59.6 Å². The molecule has 1 aromatic rings. The van der Waals surface area contributed by atoms with E-state index in [1.807, 2.05) is 24.3 Å². The molecule has 2 unspecified atom stereocenters. The molecule has 2 atom stereocenters. The van der Waals surface area contributed by atoms with Gasteiger partial charge in [-0.15, -0.1) is 12.4 Å². The Balaban J connectivity index is 0.00000261. The van der Waals surface area contributed by atoms with Crippen molar-refractivity contribution in [2.75, 3.05) is 38.2 Å². The Hall–Kier alpha value is -1.30. The molecule has 3 rings (SSSR count). The Kier molecular flexibility index (Phi) is 9.39. The number of benzene rings is 1. The van der Waals surface area contributed by atoms with Crippen LogP contribution in [0.15, 0.2) is 24.3 Å². The highest BCUT2D eigenvalue weighted by Crippen LogP contribution is 2.24. The van der Waals surface area contributed by atoms with Crippen molar-refractivity contribution in [3.8, 4) is 5.75 Å². The van der Waals surface area contributed by atoms with E-state index in [1.54, 1.807) is 0 Å². The Morgan fingerprint density at radius 1 is 1.26 bits per heavy atom. The minimum absolute atomic E-state index is 0. The molecule has 2 aliphatic heterocycles. The number of nitrogens with one attached hydrogen (secondary N) is 2. The number of amides is 1. The van der Waals surface area contributed by atoms with E-state index in [4.69, 9.17) is 9.47 Å². The molecule has 6 heteroatoms. The summed E-state index contributed by atoms with van der Waals surface area (Å²) in [6.45, 7) is 6.75. The zero-order valence-electron chi connectivity index (χ0n) is 16.2. The molecule has 0 bridgehead atoms. The molecule has 2 aliphatic rings. The predicted molar refractivity (Wildman–Crippen MR) is 111 cm³/mol. The van der Waals surface area contributed by atoms with Crippen molar-refractivity contribution in [3.05, 3.63) is 24.3 Å². The normalized spacial score (nSPS) is 21.7. The average Bonchev–Trinajstić information content (AvgIpc) is 2.69. The lowest BCUT2D eigenvalue weighted by molar-refractivity contribution is -0.117. The quantitative estimate of drug-likeness (QED) is 0.734. The number of piperidine rings is 1. The van der Waals surface area contributed by atoms with Gasteiger partial charge in [0.25, 0.3) is 0 Å². The van der Waals surface area contributed by atoms with Gasteiger partial charge >= 0.3 is 0 Å². The van der Waals surface area contributed by atoms with E-state index >= 15 is 0 Å². The molecule has 27 heavy (non-hydrogen) atoms. The predicted octanol–water partition coefficient (Wildman–Crippen LogP) is 3.88. The Morgan fingerprint density at radius 2 is 2.00 bits per heavy atom. The zero-order valence-corrected chi connectivity index (χ0v) is 17.1. The number of halogens is 1. The maximum Gasteiger partial charge on any atom is 0.224 e. The van der Waals surface area contributed by atoms with Crippen molar-refractivity contribution in [1.82, 2.24) is 5.32 Å². The van der Waals surface area contributed by atoms with E-state index in [0.717, 1.165) is 57.2 Å². The van der Waals surface area contributed by atoms with E-state index in [0.29, 0.717) is 24.2 Å². The smallest absolute Gasteiger partial charge is 0.224 e. The fourth-order valence-electron chi connectivity index (χ4n) is 3.80. The summed E-state index contributed by atoms with van der Waals surface area (Å²) in [7, 11) is 0. The summed E-state index contributed by atoms with van der Waals surface area (Å²) in [6, 6.07) is 7.71. The van der Waals surface area contributed by atoms with Crippen LogP contribution >= 0.6 is 12.4 Å². The van der Waals surface area contributed by atoms with Crippen molar-refractivity contribution >= 4 is 24.0 Å². The number of carbonyl (C=O) groups excluding carboxylic acids is 1. The Labute approximate surface area is 169 Å². The Morgan fingerprint density at radius 3 is 2.67 bits per heavy atom. The largest absolute Gasteiger partial charge is 0.493 e. The third kappa shape index (κ3) is 7.32. The minimum Gasteiger partial charge on any atom is -0.493 e. The van der Waals surface area contributed by atoms with Crippen LogP contribution in [-0.4, -0.2) is 38.8 Å². The third-order valence-electron chi connectivity index (χ3n) is 5.61. The molecule has 2 heterocycles. The van der Waals surface area contributed by atoms with Gasteiger partial charge in [0.15, 0.2) is 0 Å². The van der Waals surface area contributed by atoms with Gasteiger partial charge in [-0.25, -0.2) is 0 Å². The van der Waals surface area contributed by atoms with Crippen LogP contribution in [0, 0.1) is 17.8 Å². The fraction of sp³-hybridized carbons (Fsp3) is 0.667. The molecule has 0 spiro atoms. The second-order valence-electron chi connectivity index (χ2n) is 7.73. The molecule has 2 N–H and O–H groups in total. The van der Waals surface area contributed by atoms with Gasteiger partial charge in [0.2, 0.25) is 5.91 Å². The van der Waals surface area contributed by atoms with Crippen LogP contribution in [0.2, 0.25) is 0 Å². The Bertz CT molecular complexity index is 555. The minimum atomic E-state index is 0. The molecule has 152 valence electrons. The second-order valence-corrected chi connectivity index (χ2v) is 7.73. The van der Waals surface area contributed by atoms with E-state index in [9.17, 15) is 4.79 Å². The highest BCUT2D eigenvalue weighted by Gasteiger charge is 2.22. The SMILES string of the molecule is CC(CC(=O)Nc1ccc(OCC2CCOCC2)cc1)C1CCCNC1.Cl. The molecular weight excluding hydrogens is 364 g/mol. The lowest BCUT2D eigenvalue weighted by Gasteiger charge is -2.28. The molecule has 1 amide bonds. The lowest BCUT2D eigenvalue weighted by atomic mass is 9.85. The van der Waals surface area contributed by atoms with Crippen LogP contribution < -0.4 is 15.4 Å². The molecule has 0 radical (unpaired) electrons. The van der Waals surface area contributed by atoms with Gasteiger partial charge in [-0.3, -0.25) is 4.79 Å². The van der Waals surface area contributed by atoms with Crippen LogP contribution in [0.25, 0.3) is 0 Å². The summed E-state index contributed by atoms with van der Waals surface area (Å²) in [5, 5.41) is 6.44. The molecular formula is C21H33ClN2O3. The average molecular weight is 397 g/mol. The highest BCUT2D eigenvalue weighted by atomic mass is 35.5. The molecule has 0 aliphatic carbocycles. The molecule has 0 aromatic heterocycles. The van der Waals surface area contributed by atoms with Crippen molar-refractivity contribution in [2.45, 2.75) is 39.0 Å². The van der Waals surface area contributed by atoms with Gasteiger partial charge in [-0.05, 0) is 80.8 Å². The maximum atomic E-state index is 12.3. The maximum absolute atomic E-state index is 12.3. The number of carbonyl (C=O) groups is 1. The second kappa shape index (κ2) is 11.5. The summed E-state index contributed by atoms with van der Waals surface area (Å²) in [5.41, 5.74) is 0.836. The van der Waals surface area contributed by atoms with Crippen molar-refractivity contribution in [2.24, 2.45) is 17.8 Å². The third-order valence-corrected chi connectivity index (χ3v) is 5.61. The molecule has 2 saturated heterocycles. The summed E-state index contributed by atoms with van der Waals surface area (Å²) in [4.78, 5) is 12.3. The summed E-state index contributed by atoms with van der Waals surface area (Å²) >= 11 is 0. The first-order chi connectivity index (χ1) is 12.7. The van der Waals surface area contributed by atoms with Gasteiger partial charge in [-0.1, -0.05) is 6.92 Å². The van der Waals surface area contributed by atoms with Crippen LogP contribution in [0.3, 0.4) is 0 Å². The molecule has 5 nitrogen and oxygen atoms in total. The summed E-state index contributed by atoms with van der Waals surface area (Å²) in [6.07, 6.45) is 5.16.